The van der Waals surface area contributed by atoms with E-state index in [1.165, 1.54) is 55.4 Å². The van der Waals surface area contributed by atoms with Gasteiger partial charge in [0.2, 0.25) is 0 Å². The molecule has 1 nitrogen and oxygen atoms in total. The van der Waals surface area contributed by atoms with Gasteiger partial charge in [0.15, 0.2) is 0 Å². The van der Waals surface area contributed by atoms with Crippen molar-refractivity contribution in [3.05, 3.63) is 21.4 Å². The molecule has 110 valence electrons. The molecule has 0 fully saturated rings. The molecule has 0 bridgehead atoms. The zero-order valence-corrected chi connectivity index (χ0v) is 14.0. The first-order valence-corrected chi connectivity index (χ1v) is 8.81. The van der Waals surface area contributed by atoms with Gasteiger partial charge in [0, 0.05) is 15.8 Å². The van der Waals surface area contributed by atoms with Gasteiger partial charge in [-0.1, -0.05) is 46.0 Å². The zero-order chi connectivity index (χ0) is 14.1. The summed E-state index contributed by atoms with van der Waals surface area (Å²) in [5, 5.41) is 3.73. The third kappa shape index (κ3) is 6.09. The Morgan fingerprint density at radius 1 is 1.05 bits per heavy atom. The number of hydrogen-bond acceptors (Lipinski definition) is 2. The lowest BCUT2D eigenvalue weighted by Crippen LogP contribution is -2.21. The van der Waals surface area contributed by atoms with E-state index in [9.17, 15) is 0 Å². The lowest BCUT2D eigenvalue weighted by Gasteiger charge is -2.17. The molecular weight excluding hydrogens is 250 g/mol. The smallest absolute Gasteiger partial charge is 0.0414 e. The number of unbranched alkanes of at least 4 members (excludes halogenated alkanes) is 4. The van der Waals surface area contributed by atoms with Crippen LogP contribution < -0.4 is 5.32 Å². The maximum Gasteiger partial charge on any atom is 0.0414 e. The Bertz CT molecular complexity index is 324. The summed E-state index contributed by atoms with van der Waals surface area (Å²) in [6.07, 6.45) is 9.39. The molecule has 0 saturated carbocycles. The van der Waals surface area contributed by atoms with Crippen LogP contribution in [-0.2, 0) is 0 Å². The van der Waals surface area contributed by atoms with Crippen LogP contribution in [0.25, 0.3) is 0 Å². The van der Waals surface area contributed by atoms with E-state index in [1.54, 1.807) is 4.88 Å². The van der Waals surface area contributed by atoms with Gasteiger partial charge in [-0.2, -0.15) is 0 Å². The first kappa shape index (κ1) is 16.7. The zero-order valence-electron chi connectivity index (χ0n) is 13.2. The van der Waals surface area contributed by atoms with Crippen molar-refractivity contribution in [3.63, 3.8) is 0 Å². The second-order valence-electron chi connectivity index (χ2n) is 5.60. The average Bonchev–Trinajstić information content (AvgIpc) is 2.73. The van der Waals surface area contributed by atoms with E-state index in [-0.39, 0.29) is 0 Å². The Morgan fingerprint density at radius 2 is 1.79 bits per heavy atom. The van der Waals surface area contributed by atoms with Crippen molar-refractivity contribution in [2.24, 2.45) is 0 Å². The van der Waals surface area contributed by atoms with Crippen molar-refractivity contribution in [3.8, 4) is 0 Å². The van der Waals surface area contributed by atoms with Crippen LogP contribution in [0.5, 0.6) is 0 Å². The van der Waals surface area contributed by atoms with Crippen molar-refractivity contribution in [1.82, 2.24) is 5.32 Å². The lowest BCUT2D eigenvalue weighted by atomic mass is 10.0. The first-order chi connectivity index (χ1) is 9.19. The molecule has 1 aromatic heterocycles. The van der Waals surface area contributed by atoms with Crippen LogP contribution in [0.1, 0.15) is 80.2 Å². The number of aryl methyl sites for hydroxylation is 2. The Hall–Kier alpha value is -0.340. The topological polar surface area (TPSA) is 12.0 Å². The molecule has 0 saturated heterocycles. The normalized spacial score (nSPS) is 12.8. The van der Waals surface area contributed by atoms with E-state index >= 15 is 0 Å². The predicted molar refractivity (Wildman–Crippen MR) is 88.2 cm³/mol. The van der Waals surface area contributed by atoms with E-state index in [2.05, 4.69) is 39.1 Å². The summed E-state index contributed by atoms with van der Waals surface area (Å²) in [6, 6.07) is 2.97. The Balaban J connectivity index is 2.46. The summed E-state index contributed by atoms with van der Waals surface area (Å²) in [7, 11) is 0. The van der Waals surface area contributed by atoms with Crippen molar-refractivity contribution >= 4 is 11.3 Å². The molecule has 1 unspecified atom stereocenters. The summed E-state index contributed by atoms with van der Waals surface area (Å²) in [4.78, 5) is 3.02. The number of thiophene rings is 1. The van der Waals surface area contributed by atoms with Gasteiger partial charge in [0.25, 0.3) is 0 Å². The monoisotopic (exact) mass is 281 g/mol. The van der Waals surface area contributed by atoms with Crippen LogP contribution in [0.4, 0.5) is 0 Å². The van der Waals surface area contributed by atoms with Crippen molar-refractivity contribution in [2.75, 3.05) is 6.54 Å². The van der Waals surface area contributed by atoms with Crippen LogP contribution >= 0.6 is 11.3 Å². The first-order valence-electron chi connectivity index (χ1n) is 7.99. The summed E-state index contributed by atoms with van der Waals surface area (Å²) >= 11 is 1.98. The molecule has 0 spiro atoms. The number of nitrogens with one attached hydrogen (secondary N) is 1. The number of hydrogen-bond donors (Lipinski definition) is 1. The Morgan fingerprint density at radius 3 is 2.37 bits per heavy atom. The van der Waals surface area contributed by atoms with Gasteiger partial charge in [-0.3, -0.25) is 0 Å². The molecule has 0 aromatic carbocycles. The largest absolute Gasteiger partial charge is 0.309 e. The van der Waals surface area contributed by atoms with Crippen LogP contribution in [-0.4, -0.2) is 6.54 Å². The molecular formula is C17H31NS. The van der Waals surface area contributed by atoms with Crippen molar-refractivity contribution in [2.45, 2.75) is 78.7 Å². The van der Waals surface area contributed by atoms with E-state index in [1.807, 2.05) is 11.3 Å². The molecule has 0 radical (unpaired) electrons. The molecule has 0 aliphatic rings. The van der Waals surface area contributed by atoms with Crippen LogP contribution in [0.15, 0.2) is 6.07 Å². The van der Waals surface area contributed by atoms with Gasteiger partial charge in [0.05, 0.1) is 0 Å². The fraction of sp³-hybridized carbons (Fsp3) is 0.765. The van der Waals surface area contributed by atoms with Crippen LogP contribution in [0.2, 0.25) is 0 Å². The SMILES string of the molecule is CCCCCCCC(NCCC)c1cc(C)c(C)s1. The van der Waals surface area contributed by atoms with E-state index in [0.29, 0.717) is 6.04 Å². The number of rotatable bonds is 10. The van der Waals surface area contributed by atoms with Gasteiger partial charge in [-0.15, -0.1) is 11.3 Å². The third-order valence-electron chi connectivity index (χ3n) is 3.77. The summed E-state index contributed by atoms with van der Waals surface area (Å²) in [5.74, 6) is 0. The van der Waals surface area contributed by atoms with Gasteiger partial charge in [-0.25, -0.2) is 0 Å². The summed E-state index contributed by atoms with van der Waals surface area (Å²) < 4.78 is 0. The van der Waals surface area contributed by atoms with Gasteiger partial charge in [0.1, 0.15) is 0 Å². The average molecular weight is 282 g/mol. The third-order valence-corrected chi connectivity index (χ3v) is 5.03. The highest BCUT2D eigenvalue weighted by Crippen LogP contribution is 2.29. The molecule has 2 heteroatoms. The molecule has 0 aliphatic heterocycles. The maximum absolute atomic E-state index is 3.73. The summed E-state index contributed by atoms with van der Waals surface area (Å²) in [5.41, 5.74) is 1.45. The fourth-order valence-corrected chi connectivity index (χ4v) is 3.54. The highest BCUT2D eigenvalue weighted by atomic mass is 32.1. The van der Waals surface area contributed by atoms with Crippen molar-refractivity contribution < 1.29 is 0 Å². The molecule has 0 aliphatic carbocycles. The fourth-order valence-electron chi connectivity index (χ4n) is 2.39. The minimum atomic E-state index is 0.582. The lowest BCUT2D eigenvalue weighted by molar-refractivity contribution is 0.473. The molecule has 0 amide bonds. The van der Waals surface area contributed by atoms with Gasteiger partial charge >= 0.3 is 0 Å². The highest BCUT2D eigenvalue weighted by Gasteiger charge is 2.13. The molecule has 1 heterocycles. The second-order valence-corrected chi connectivity index (χ2v) is 6.89. The van der Waals surface area contributed by atoms with Gasteiger partial charge in [-0.05, 0) is 44.9 Å². The Labute approximate surface area is 123 Å². The standard InChI is InChI=1S/C17H31NS/c1-5-7-8-9-10-11-16(18-12-6-2)17-13-14(3)15(4)19-17/h13,16,18H,5-12H2,1-4H3. The van der Waals surface area contributed by atoms with Crippen molar-refractivity contribution in [1.29, 1.82) is 0 Å². The molecule has 1 aromatic rings. The summed E-state index contributed by atoms with van der Waals surface area (Å²) in [6.45, 7) is 10.1. The molecule has 1 rings (SSSR count). The quantitative estimate of drug-likeness (QED) is 0.537. The Kier molecular flexibility index (Phi) is 8.40. The van der Waals surface area contributed by atoms with E-state index < -0.39 is 0 Å². The van der Waals surface area contributed by atoms with Crippen LogP contribution in [0, 0.1) is 13.8 Å². The highest BCUT2D eigenvalue weighted by molar-refractivity contribution is 7.12. The minimum Gasteiger partial charge on any atom is -0.309 e. The molecule has 1 atom stereocenters. The second kappa shape index (κ2) is 9.55. The maximum atomic E-state index is 3.73. The van der Waals surface area contributed by atoms with E-state index in [4.69, 9.17) is 0 Å². The van der Waals surface area contributed by atoms with E-state index in [0.717, 1.165) is 6.54 Å². The van der Waals surface area contributed by atoms with Crippen LogP contribution in [0.3, 0.4) is 0 Å². The minimum absolute atomic E-state index is 0.582. The molecule has 1 N–H and O–H groups in total. The molecule has 19 heavy (non-hydrogen) atoms. The predicted octanol–water partition coefficient (Wildman–Crippen LogP) is 5.77. The van der Waals surface area contributed by atoms with Gasteiger partial charge < -0.3 is 5.32 Å².